The van der Waals surface area contributed by atoms with Crippen molar-refractivity contribution in [3.8, 4) is 5.69 Å². The molecule has 5 nitrogen and oxygen atoms in total. The lowest BCUT2D eigenvalue weighted by Crippen LogP contribution is -2.40. The van der Waals surface area contributed by atoms with Gasteiger partial charge in [-0.05, 0) is 47.9 Å². The molecule has 0 aliphatic rings. The van der Waals surface area contributed by atoms with Crippen molar-refractivity contribution in [2.75, 3.05) is 20.1 Å². The monoisotopic (exact) mass is 381 g/mol. The molecule has 0 amide bonds. The molecule has 1 aromatic carbocycles. The maximum atomic E-state index is 4.44. The molecule has 0 aliphatic heterocycles. The summed E-state index contributed by atoms with van der Waals surface area (Å²) in [6.45, 7) is 3.99. The number of guanidine groups is 1. The Morgan fingerprint density at radius 2 is 2.04 bits per heavy atom. The highest BCUT2D eigenvalue weighted by molar-refractivity contribution is 7.09. The molecular weight excluding hydrogens is 354 g/mol. The van der Waals surface area contributed by atoms with Crippen LogP contribution in [0.3, 0.4) is 0 Å². The minimum absolute atomic E-state index is 0.561. The molecule has 3 aromatic rings. The molecule has 0 fully saturated rings. The minimum atomic E-state index is 0.561. The third kappa shape index (κ3) is 5.96. The van der Waals surface area contributed by atoms with Crippen LogP contribution in [-0.4, -0.2) is 35.9 Å². The number of thiophene rings is 1. The second-order valence-electron chi connectivity index (χ2n) is 6.65. The van der Waals surface area contributed by atoms with Gasteiger partial charge >= 0.3 is 0 Å². The highest BCUT2D eigenvalue weighted by Gasteiger charge is 2.06. The Morgan fingerprint density at radius 3 is 2.78 bits per heavy atom. The van der Waals surface area contributed by atoms with Crippen LogP contribution in [-0.2, 0) is 12.8 Å². The third-order valence-electron chi connectivity index (χ3n) is 4.33. The number of aromatic nitrogens is 2. The quantitative estimate of drug-likeness (QED) is 0.464. The summed E-state index contributed by atoms with van der Waals surface area (Å²) in [5, 5.41) is 13.4. The molecule has 0 spiro atoms. The number of rotatable bonds is 8. The average Bonchev–Trinajstić information content (AvgIpc) is 3.37. The average molecular weight is 382 g/mol. The van der Waals surface area contributed by atoms with Gasteiger partial charge in [0.1, 0.15) is 0 Å². The number of aliphatic imine (C=N–C) groups is 1. The molecule has 0 aliphatic carbocycles. The molecule has 0 radical (unpaired) electrons. The first-order chi connectivity index (χ1) is 13.2. The summed E-state index contributed by atoms with van der Waals surface area (Å²) in [5.41, 5.74) is 2.28. The second kappa shape index (κ2) is 9.92. The molecule has 0 saturated heterocycles. The predicted molar refractivity (Wildman–Crippen MR) is 114 cm³/mol. The molecule has 3 rings (SSSR count). The lowest BCUT2D eigenvalue weighted by molar-refractivity contribution is 0.562. The van der Waals surface area contributed by atoms with E-state index in [9.17, 15) is 0 Å². The smallest absolute Gasteiger partial charge is 0.190 e. The first kappa shape index (κ1) is 19.2. The van der Waals surface area contributed by atoms with Gasteiger partial charge in [-0.1, -0.05) is 31.2 Å². The maximum Gasteiger partial charge on any atom is 0.190 e. The fourth-order valence-electron chi connectivity index (χ4n) is 2.87. The van der Waals surface area contributed by atoms with Crippen LogP contribution in [0.4, 0.5) is 0 Å². The van der Waals surface area contributed by atoms with E-state index in [0.29, 0.717) is 5.92 Å². The van der Waals surface area contributed by atoms with Gasteiger partial charge in [0.05, 0.1) is 11.9 Å². The highest BCUT2D eigenvalue weighted by Crippen LogP contribution is 2.13. The summed E-state index contributed by atoms with van der Waals surface area (Å²) in [4.78, 5) is 5.75. The van der Waals surface area contributed by atoms with Gasteiger partial charge in [0.15, 0.2) is 5.96 Å². The van der Waals surface area contributed by atoms with Gasteiger partial charge in [-0.3, -0.25) is 4.99 Å². The van der Waals surface area contributed by atoms with Crippen molar-refractivity contribution in [2.45, 2.75) is 19.8 Å². The summed E-state index contributed by atoms with van der Waals surface area (Å²) < 4.78 is 1.91. The van der Waals surface area contributed by atoms with Crippen molar-refractivity contribution in [2.24, 2.45) is 10.9 Å². The van der Waals surface area contributed by atoms with Crippen LogP contribution < -0.4 is 10.6 Å². The van der Waals surface area contributed by atoms with Crippen LogP contribution in [0.1, 0.15) is 17.4 Å². The van der Waals surface area contributed by atoms with E-state index < -0.39 is 0 Å². The zero-order valence-corrected chi connectivity index (χ0v) is 16.7. The number of nitrogens with one attached hydrogen (secondary N) is 2. The van der Waals surface area contributed by atoms with Crippen molar-refractivity contribution in [3.63, 3.8) is 0 Å². The van der Waals surface area contributed by atoms with E-state index in [2.05, 4.69) is 63.5 Å². The highest BCUT2D eigenvalue weighted by atomic mass is 32.1. The third-order valence-corrected chi connectivity index (χ3v) is 5.23. The van der Waals surface area contributed by atoms with Crippen LogP contribution in [0.25, 0.3) is 5.69 Å². The van der Waals surface area contributed by atoms with E-state index >= 15 is 0 Å². The Kier molecular flexibility index (Phi) is 7.04. The number of hydrogen-bond acceptors (Lipinski definition) is 3. The summed E-state index contributed by atoms with van der Waals surface area (Å²) in [6, 6.07) is 14.5. The molecule has 27 heavy (non-hydrogen) atoms. The van der Waals surface area contributed by atoms with Gasteiger partial charge in [0, 0.05) is 31.2 Å². The van der Waals surface area contributed by atoms with E-state index in [1.54, 1.807) is 0 Å². The summed E-state index contributed by atoms with van der Waals surface area (Å²) in [5.74, 6) is 1.41. The van der Waals surface area contributed by atoms with Gasteiger partial charge in [-0.2, -0.15) is 5.10 Å². The van der Waals surface area contributed by atoms with E-state index in [1.165, 1.54) is 10.4 Å². The molecule has 1 atom stereocenters. The zero-order chi connectivity index (χ0) is 18.9. The summed E-state index contributed by atoms with van der Waals surface area (Å²) in [6.07, 6.45) is 6.00. The maximum absolute atomic E-state index is 4.44. The predicted octanol–water partition coefficient (Wildman–Crippen LogP) is 3.52. The molecular formula is C21H27N5S. The van der Waals surface area contributed by atoms with Crippen molar-refractivity contribution in [1.82, 2.24) is 20.4 Å². The number of hydrogen-bond donors (Lipinski definition) is 2. The van der Waals surface area contributed by atoms with Gasteiger partial charge in [0.2, 0.25) is 0 Å². The van der Waals surface area contributed by atoms with Crippen LogP contribution in [0, 0.1) is 5.92 Å². The van der Waals surface area contributed by atoms with E-state index in [4.69, 9.17) is 0 Å². The van der Waals surface area contributed by atoms with Crippen LogP contribution in [0.2, 0.25) is 0 Å². The first-order valence-corrected chi connectivity index (χ1v) is 10.2. The van der Waals surface area contributed by atoms with Gasteiger partial charge in [-0.25, -0.2) is 4.68 Å². The Labute approximate surface area is 165 Å². The normalized spacial score (nSPS) is 12.7. The zero-order valence-electron chi connectivity index (χ0n) is 15.9. The van der Waals surface area contributed by atoms with Crippen LogP contribution in [0.5, 0.6) is 0 Å². The minimum Gasteiger partial charge on any atom is -0.356 e. The molecule has 6 heteroatoms. The number of para-hydroxylation sites is 1. The van der Waals surface area contributed by atoms with E-state index in [-0.39, 0.29) is 0 Å². The Balaban J connectivity index is 1.40. The largest absolute Gasteiger partial charge is 0.356 e. The lowest BCUT2D eigenvalue weighted by atomic mass is 10.1. The molecule has 2 N–H and O–H groups in total. The molecule has 2 heterocycles. The van der Waals surface area contributed by atoms with Crippen molar-refractivity contribution >= 4 is 17.3 Å². The molecule has 0 bridgehead atoms. The topological polar surface area (TPSA) is 54.2 Å². The first-order valence-electron chi connectivity index (χ1n) is 9.30. The summed E-state index contributed by atoms with van der Waals surface area (Å²) in [7, 11) is 1.81. The van der Waals surface area contributed by atoms with Crippen LogP contribution >= 0.6 is 11.3 Å². The van der Waals surface area contributed by atoms with Gasteiger partial charge in [-0.15, -0.1) is 11.3 Å². The number of benzene rings is 1. The molecule has 0 saturated carbocycles. The van der Waals surface area contributed by atoms with E-state index in [1.807, 2.05) is 47.5 Å². The molecule has 2 aromatic heterocycles. The van der Waals surface area contributed by atoms with Gasteiger partial charge in [0.25, 0.3) is 0 Å². The lowest BCUT2D eigenvalue weighted by Gasteiger charge is -2.15. The molecule has 1 unspecified atom stereocenters. The van der Waals surface area contributed by atoms with Crippen LogP contribution in [0.15, 0.2) is 65.2 Å². The van der Waals surface area contributed by atoms with Crippen molar-refractivity contribution < 1.29 is 0 Å². The second-order valence-corrected chi connectivity index (χ2v) is 7.68. The Morgan fingerprint density at radius 1 is 1.19 bits per heavy atom. The van der Waals surface area contributed by atoms with Crippen molar-refractivity contribution in [3.05, 3.63) is 70.7 Å². The Bertz CT molecular complexity index is 823. The van der Waals surface area contributed by atoms with Crippen molar-refractivity contribution in [1.29, 1.82) is 0 Å². The number of nitrogens with zero attached hydrogens (tertiary/aromatic N) is 3. The Hall–Kier alpha value is -2.60. The van der Waals surface area contributed by atoms with Gasteiger partial charge < -0.3 is 10.6 Å². The summed E-state index contributed by atoms with van der Waals surface area (Å²) >= 11 is 1.82. The SMILES string of the molecule is CN=C(NCCc1cnn(-c2ccccc2)c1)NCC(C)Cc1cccs1. The molecule has 142 valence electrons. The fourth-order valence-corrected chi connectivity index (χ4v) is 3.74. The van der Waals surface area contributed by atoms with E-state index in [0.717, 1.165) is 37.6 Å². The standard InChI is InChI=1S/C21H27N5S/c1-17(13-20-9-6-12-27-20)14-24-21(22-2)23-11-10-18-15-25-26(16-18)19-7-4-3-5-8-19/h3-9,12,15-17H,10-11,13-14H2,1-2H3,(H2,22,23,24). The fraction of sp³-hybridized carbons (Fsp3) is 0.333.